The smallest absolute Gasteiger partial charge is 0.274 e. The van der Waals surface area contributed by atoms with Gasteiger partial charge in [0.05, 0.1) is 17.1 Å². The second-order valence-corrected chi connectivity index (χ2v) is 5.60. The molecule has 1 aliphatic rings. The highest BCUT2D eigenvalue weighted by Gasteiger charge is 2.33. The Morgan fingerprint density at radius 3 is 2.87 bits per heavy atom. The van der Waals surface area contributed by atoms with Crippen LogP contribution in [0.5, 0.6) is 0 Å². The lowest BCUT2D eigenvalue weighted by atomic mass is 10.2. The number of carbonyl (C=O) groups excluding carboxylic acids is 1. The first-order valence-corrected chi connectivity index (χ1v) is 7.54. The Morgan fingerprint density at radius 1 is 1.22 bits per heavy atom. The van der Waals surface area contributed by atoms with Crippen molar-refractivity contribution in [3.63, 3.8) is 0 Å². The lowest BCUT2D eigenvalue weighted by molar-refractivity contribution is 0.0723. The summed E-state index contributed by atoms with van der Waals surface area (Å²) >= 11 is 0. The van der Waals surface area contributed by atoms with Crippen LogP contribution in [0.25, 0.3) is 11.0 Å². The zero-order valence-corrected chi connectivity index (χ0v) is 12.3. The van der Waals surface area contributed by atoms with Crippen LogP contribution < -0.4 is 5.56 Å². The van der Waals surface area contributed by atoms with Gasteiger partial charge in [0, 0.05) is 12.6 Å². The Balaban J connectivity index is 1.67. The molecule has 1 amide bonds. The Hall–Kier alpha value is -2.96. The van der Waals surface area contributed by atoms with Crippen molar-refractivity contribution in [2.24, 2.45) is 0 Å². The summed E-state index contributed by atoms with van der Waals surface area (Å²) in [7, 11) is 0. The summed E-state index contributed by atoms with van der Waals surface area (Å²) in [6, 6.07) is 10.5. The van der Waals surface area contributed by atoms with Gasteiger partial charge in [0.2, 0.25) is 0 Å². The van der Waals surface area contributed by atoms with E-state index >= 15 is 0 Å². The number of aromatic amines is 2. The normalized spacial score (nSPS) is 17.7. The van der Waals surface area contributed by atoms with E-state index in [1.54, 1.807) is 4.90 Å². The van der Waals surface area contributed by atoms with E-state index in [0.717, 1.165) is 29.7 Å². The molecule has 0 aliphatic carbocycles. The first kappa shape index (κ1) is 13.7. The highest BCUT2D eigenvalue weighted by Crippen LogP contribution is 2.32. The van der Waals surface area contributed by atoms with Gasteiger partial charge in [0.15, 0.2) is 0 Å². The molecule has 4 rings (SSSR count). The van der Waals surface area contributed by atoms with Crippen LogP contribution in [0.4, 0.5) is 0 Å². The number of para-hydroxylation sites is 2. The number of H-pyrrole nitrogens is 2. The third-order valence-electron chi connectivity index (χ3n) is 4.14. The molecule has 1 unspecified atom stereocenters. The molecule has 1 saturated heterocycles. The number of hydrogen-bond donors (Lipinski definition) is 2. The van der Waals surface area contributed by atoms with Crippen LogP contribution in [-0.4, -0.2) is 37.5 Å². The minimum absolute atomic E-state index is 0.0939. The van der Waals surface area contributed by atoms with E-state index in [1.165, 1.54) is 12.1 Å². The maximum absolute atomic E-state index is 12.7. The van der Waals surface area contributed by atoms with Gasteiger partial charge >= 0.3 is 0 Å². The Labute approximate surface area is 131 Å². The Morgan fingerprint density at radius 2 is 2.09 bits per heavy atom. The number of nitrogens with zero attached hydrogens (tertiary/aromatic N) is 3. The van der Waals surface area contributed by atoms with Crippen molar-refractivity contribution in [3.8, 4) is 0 Å². The molecule has 0 spiro atoms. The van der Waals surface area contributed by atoms with Gasteiger partial charge in [0.1, 0.15) is 11.5 Å². The average molecular weight is 309 g/mol. The summed E-state index contributed by atoms with van der Waals surface area (Å²) in [5, 5.41) is 6.14. The maximum Gasteiger partial charge on any atom is 0.274 e. The molecule has 1 fully saturated rings. The fourth-order valence-corrected chi connectivity index (χ4v) is 3.04. The molecule has 1 aliphatic heterocycles. The highest BCUT2D eigenvalue weighted by atomic mass is 16.2. The summed E-state index contributed by atoms with van der Waals surface area (Å²) in [4.78, 5) is 33.4. The second kappa shape index (κ2) is 5.35. The second-order valence-electron chi connectivity index (χ2n) is 5.60. The Kier molecular flexibility index (Phi) is 3.18. The third-order valence-corrected chi connectivity index (χ3v) is 4.14. The largest absolute Gasteiger partial charge is 0.340 e. The Bertz CT molecular complexity index is 876. The van der Waals surface area contributed by atoms with E-state index in [2.05, 4.69) is 20.2 Å². The lowest BCUT2D eigenvalue weighted by Crippen LogP contribution is -2.32. The van der Waals surface area contributed by atoms with Crippen LogP contribution in [0.2, 0.25) is 0 Å². The monoisotopic (exact) mass is 309 g/mol. The topological polar surface area (TPSA) is 94.7 Å². The molecule has 7 heteroatoms. The fraction of sp³-hybridized carbons (Fsp3) is 0.250. The van der Waals surface area contributed by atoms with Crippen LogP contribution in [0, 0.1) is 0 Å². The summed E-state index contributed by atoms with van der Waals surface area (Å²) in [5.74, 6) is 0.602. The van der Waals surface area contributed by atoms with Crippen molar-refractivity contribution in [2.45, 2.75) is 18.9 Å². The molecular formula is C16H15N5O2. The van der Waals surface area contributed by atoms with Gasteiger partial charge in [-0.2, -0.15) is 5.10 Å². The van der Waals surface area contributed by atoms with Crippen LogP contribution in [0.15, 0.2) is 41.2 Å². The van der Waals surface area contributed by atoms with E-state index in [-0.39, 0.29) is 23.2 Å². The van der Waals surface area contributed by atoms with Crippen molar-refractivity contribution in [1.82, 2.24) is 25.1 Å². The van der Waals surface area contributed by atoms with E-state index < -0.39 is 0 Å². The summed E-state index contributed by atoms with van der Waals surface area (Å²) < 4.78 is 0. The van der Waals surface area contributed by atoms with Gasteiger partial charge in [-0.25, -0.2) is 10.1 Å². The predicted molar refractivity (Wildman–Crippen MR) is 84.0 cm³/mol. The van der Waals surface area contributed by atoms with Crippen molar-refractivity contribution < 1.29 is 4.79 Å². The van der Waals surface area contributed by atoms with Gasteiger partial charge < -0.3 is 9.88 Å². The van der Waals surface area contributed by atoms with Crippen molar-refractivity contribution in [1.29, 1.82) is 0 Å². The number of aromatic nitrogens is 4. The average Bonchev–Trinajstić information content (AvgIpc) is 3.21. The highest BCUT2D eigenvalue weighted by molar-refractivity contribution is 5.92. The van der Waals surface area contributed by atoms with Gasteiger partial charge in [-0.1, -0.05) is 12.1 Å². The number of rotatable bonds is 2. The fourth-order valence-electron chi connectivity index (χ4n) is 3.04. The molecule has 116 valence electrons. The van der Waals surface area contributed by atoms with E-state index in [1.807, 2.05) is 24.3 Å². The van der Waals surface area contributed by atoms with Crippen LogP contribution in [0.1, 0.15) is 35.2 Å². The van der Waals surface area contributed by atoms with Crippen molar-refractivity contribution >= 4 is 16.9 Å². The van der Waals surface area contributed by atoms with Crippen molar-refractivity contribution in [3.05, 3.63) is 58.3 Å². The molecule has 1 atom stereocenters. The minimum atomic E-state index is -0.322. The molecule has 3 heterocycles. The standard InChI is InChI=1S/C16H15N5O2/c22-14-8-7-12(19-20-14)16(23)21-9-3-6-13(21)15-17-10-4-1-2-5-11(10)18-15/h1-2,4-5,7-8,13H,3,6,9H2,(H,17,18)(H,20,22). The predicted octanol–water partition coefficient (Wildman–Crippen LogP) is 1.62. The van der Waals surface area contributed by atoms with Crippen LogP contribution >= 0.6 is 0 Å². The van der Waals surface area contributed by atoms with Gasteiger partial charge in [-0.15, -0.1) is 0 Å². The lowest BCUT2D eigenvalue weighted by Gasteiger charge is -2.22. The minimum Gasteiger partial charge on any atom is -0.340 e. The van der Waals surface area contributed by atoms with Crippen LogP contribution in [0.3, 0.4) is 0 Å². The zero-order valence-electron chi connectivity index (χ0n) is 12.3. The van der Waals surface area contributed by atoms with E-state index in [4.69, 9.17) is 0 Å². The van der Waals surface area contributed by atoms with Gasteiger partial charge in [-0.05, 0) is 31.0 Å². The SMILES string of the molecule is O=C(c1ccc(=O)[nH]n1)N1CCCC1c1nc2ccccc2[nH]1. The molecule has 2 N–H and O–H groups in total. The van der Waals surface area contributed by atoms with Crippen LogP contribution in [-0.2, 0) is 0 Å². The first-order chi connectivity index (χ1) is 11.2. The van der Waals surface area contributed by atoms with Crippen molar-refractivity contribution in [2.75, 3.05) is 6.54 Å². The summed E-state index contributed by atoms with van der Waals surface area (Å²) in [5.41, 5.74) is 1.78. The summed E-state index contributed by atoms with van der Waals surface area (Å²) in [6.07, 6.45) is 1.77. The maximum atomic E-state index is 12.7. The number of benzene rings is 1. The number of imidazole rings is 1. The number of nitrogens with one attached hydrogen (secondary N) is 2. The number of likely N-dealkylation sites (tertiary alicyclic amines) is 1. The molecule has 1 aromatic carbocycles. The number of fused-ring (bicyclic) bond motifs is 1. The molecular weight excluding hydrogens is 294 g/mol. The quantitative estimate of drug-likeness (QED) is 0.752. The van der Waals surface area contributed by atoms with E-state index in [9.17, 15) is 9.59 Å². The molecule has 2 aromatic heterocycles. The third kappa shape index (κ3) is 2.40. The molecule has 23 heavy (non-hydrogen) atoms. The zero-order chi connectivity index (χ0) is 15.8. The molecule has 0 bridgehead atoms. The van der Waals surface area contributed by atoms with Gasteiger partial charge in [-0.3, -0.25) is 9.59 Å². The molecule has 0 saturated carbocycles. The molecule has 0 radical (unpaired) electrons. The van der Waals surface area contributed by atoms with E-state index in [0.29, 0.717) is 6.54 Å². The van der Waals surface area contributed by atoms with Gasteiger partial charge in [0.25, 0.3) is 11.5 Å². The summed E-state index contributed by atoms with van der Waals surface area (Å²) in [6.45, 7) is 0.654. The number of carbonyl (C=O) groups is 1. The molecule has 3 aromatic rings. The molecule has 7 nitrogen and oxygen atoms in total. The number of amides is 1. The number of hydrogen-bond acceptors (Lipinski definition) is 4. The first-order valence-electron chi connectivity index (χ1n) is 7.54.